The van der Waals surface area contributed by atoms with Crippen molar-refractivity contribution in [3.8, 4) is 17.6 Å². The minimum absolute atomic E-state index is 0.00171. The van der Waals surface area contributed by atoms with E-state index in [1.54, 1.807) is 24.3 Å². The van der Waals surface area contributed by atoms with E-state index in [9.17, 15) is 10.1 Å². The quantitative estimate of drug-likeness (QED) is 0.432. The molecule has 0 aliphatic heterocycles. The molecule has 0 aromatic heterocycles. The maximum absolute atomic E-state index is 12.0. The van der Waals surface area contributed by atoms with E-state index in [1.807, 2.05) is 19.9 Å². The van der Waals surface area contributed by atoms with Gasteiger partial charge in [0.2, 0.25) is 0 Å². The Labute approximate surface area is 137 Å². The monoisotopic (exact) mass is 314 g/mol. The normalized spacial score (nSPS) is 10.6. The third-order valence-electron chi connectivity index (χ3n) is 2.83. The molecule has 0 spiro atoms. The highest BCUT2D eigenvalue weighted by Gasteiger charge is 2.13. The average molecular weight is 314 g/mol. The van der Waals surface area contributed by atoms with E-state index in [0.717, 1.165) is 6.42 Å². The van der Waals surface area contributed by atoms with E-state index >= 15 is 0 Å². The summed E-state index contributed by atoms with van der Waals surface area (Å²) < 4.78 is 11.3. The number of hydrogen-bond acceptors (Lipinski definition) is 4. The van der Waals surface area contributed by atoms with E-state index in [2.05, 4.69) is 11.9 Å². The van der Waals surface area contributed by atoms with Crippen LogP contribution in [0, 0.1) is 11.3 Å². The standard InChI is InChI=1S/C18H22N2O3/c1-4-10-20-18(21)15(13-19)12-14-8-7-9-16(22-6-3)17(14)23-11-5-2/h4,7-9,12H,1,5-6,10-11H2,2-3H3,(H,20,21)/b15-12+. The van der Waals surface area contributed by atoms with Crippen LogP contribution in [0.15, 0.2) is 36.4 Å². The number of amides is 1. The van der Waals surface area contributed by atoms with E-state index in [0.29, 0.717) is 36.8 Å². The van der Waals surface area contributed by atoms with Gasteiger partial charge in [0, 0.05) is 12.1 Å². The highest BCUT2D eigenvalue weighted by Crippen LogP contribution is 2.33. The molecule has 0 saturated heterocycles. The largest absolute Gasteiger partial charge is 0.490 e. The molecule has 0 aliphatic rings. The van der Waals surface area contributed by atoms with Crippen molar-refractivity contribution >= 4 is 12.0 Å². The molecule has 0 radical (unpaired) electrons. The van der Waals surface area contributed by atoms with Crippen molar-refractivity contribution in [1.29, 1.82) is 5.26 Å². The summed E-state index contributed by atoms with van der Waals surface area (Å²) in [5.41, 5.74) is 0.636. The molecular formula is C18H22N2O3. The molecule has 1 rings (SSSR count). The van der Waals surface area contributed by atoms with Crippen LogP contribution in [0.5, 0.6) is 11.5 Å². The molecule has 1 aromatic carbocycles. The number of hydrogen-bond donors (Lipinski definition) is 1. The maximum atomic E-state index is 12.0. The molecule has 1 aromatic rings. The third-order valence-corrected chi connectivity index (χ3v) is 2.83. The van der Waals surface area contributed by atoms with Crippen molar-refractivity contribution in [2.75, 3.05) is 19.8 Å². The Balaban J connectivity index is 3.20. The minimum atomic E-state index is -0.448. The van der Waals surface area contributed by atoms with Crippen molar-refractivity contribution in [3.63, 3.8) is 0 Å². The van der Waals surface area contributed by atoms with Gasteiger partial charge >= 0.3 is 0 Å². The number of carbonyl (C=O) groups excluding carboxylic acids is 1. The zero-order valence-electron chi connectivity index (χ0n) is 13.6. The lowest BCUT2D eigenvalue weighted by Crippen LogP contribution is -2.24. The first-order valence-corrected chi connectivity index (χ1v) is 7.57. The topological polar surface area (TPSA) is 71.4 Å². The molecule has 0 atom stereocenters. The molecule has 5 nitrogen and oxygen atoms in total. The van der Waals surface area contributed by atoms with E-state index in [4.69, 9.17) is 9.47 Å². The molecule has 0 unspecified atom stereocenters. The van der Waals surface area contributed by atoms with Crippen LogP contribution in [-0.2, 0) is 4.79 Å². The van der Waals surface area contributed by atoms with Crippen molar-refractivity contribution in [1.82, 2.24) is 5.32 Å². The molecule has 0 fully saturated rings. The number of benzene rings is 1. The van der Waals surface area contributed by atoms with E-state index < -0.39 is 5.91 Å². The van der Waals surface area contributed by atoms with Crippen LogP contribution >= 0.6 is 0 Å². The zero-order valence-corrected chi connectivity index (χ0v) is 13.6. The summed E-state index contributed by atoms with van der Waals surface area (Å²) in [4.78, 5) is 12.0. The summed E-state index contributed by atoms with van der Waals surface area (Å²) in [6.45, 7) is 8.74. The third kappa shape index (κ3) is 5.51. The summed E-state index contributed by atoms with van der Waals surface area (Å²) in [5.74, 6) is 0.689. The second-order valence-corrected chi connectivity index (χ2v) is 4.62. The zero-order chi connectivity index (χ0) is 17.1. The minimum Gasteiger partial charge on any atom is -0.490 e. The number of nitrogens with one attached hydrogen (secondary N) is 1. The fourth-order valence-corrected chi connectivity index (χ4v) is 1.84. The summed E-state index contributed by atoms with van der Waals surface area (Å²) in [6, 6.07) is 7.29. The summed E-state index contributed by atoms with van der Waals surface area (Å²) >= 11 is 0. The van der Waals surface area contributed by atoms with Gasteiger partial charge < -0.3 is 14.8 Å². The van der Waals surface area contributed by atoms with Gasteiger partial charge in [0.05, 0.1) is 13.2 Å². The fourth-order valence-electron chi connectivity index (χ4n) is 1.84. The Morgan fingerprint density at radius 2 is 2.17 bits per heavy atom. The Bertz CT molecular complexity index is 615. The van der Waals surface area contributed by atoms with Gasteiger partial charge in [-0.15, -0.1) is 6.58 Å². The van der Waals surface area contributed by atoms with Gasteiger partial charge in [0.15, 0.2) is 11.5 Å². The maximum Gasteiger partial charge on any atom is 0.262 e. The lowest BCUT2D eigenvalue weighted by molar-refractivity contribution is -0.116. The summed E-state index contributed by atoms with van der Waals surface area (Å²) in [7, 11) is 0. The van der Waals surface area contributed by atoms with Crippen molar-refractivity contribution in [3.05, 3.63) is 42.0 Å². The van der Waals surface area contributed by atoms with Crippen LogP contribution in [-0.4, -0.2) is 25.7 Å². The predicted molar refractivity (Wildman–Crippen MR) is 90.2 cm³/mol. The molecule has 1 N–H and O–H groups in total. The lowest BCUT2D eigenvalue weighted by atomic mass is 10.1. The summed E-state index contributed by atoms with van der Waals surface area (Å²) in [5, 5.41) is 11.8. The van der Waals surface area contributed by atoms with Gasteiger partial charge in [0.25, 0.3) is 5.91 Å². The molecule has 0 bridgehead atoms. The van der Waals surface area contributed by atoms with Crippen LogP contribution in [0.3, 0.4) is 0 Å². The second-order valence-electron chi connectivity index (χ2n) is 4.62. The average Bonchev–Trinajstić information content (AvgIpc) is 2.57. The first-order valence-electron chi connectivity index (χ1n) is 7.57. The number of para-hydroxylation sites is 1. The number of carbonyl (C=O) groups is 1. The summed E-state index contributed by atoms with van der Waals surface area (Å²) in [6.07, 6.45) is 3.90. The first-order chi connectivity index (χ1) is 11.2. The SMILES string of the molecule is C=CCNC(=O)/C(C#N)=C/c1cccc(OCC)c1OCCC. The van der Waals surface area contributed by atoms with Crippen LogP contribution in [0.1, 0.15) is 25.8 Å². The Morgan fingerprint density at radius 1 is 1.39 bits per heavy atom. The number of nitriles is 1. The number of rotatable bonds is 9. The van der Waals surface area contributed by atoms with Crippen LogP contribution in [0.25, 0.3) is 6.08 Å². The lowest BCUT2D eigenvalue weighted by Gasteiger charge is -2.14. The fraction of sp³-hybridized carbons (Fsp3) is 0.333. The molecule has 5 heteroatoms. The first kappa shape index (κ1) is 18.3. The highest BCUT2D eigenvalue weighted by molar-refractivity contribution is 6.02. The van der Waals surface area contributed by atoms with Crippen molar-refractivity contribution < 1.29 is 14.3 Å². The molecule has 122 valence electrons. The van der Waals surface area contributed by atoms with Gasteiger partial charge in [-0.25, -0.2) is 0 Å². The van der Waals surface area contributed by atoms with Gasteiger partial charge in [-0.3, -0.25) is 4.79 Å². The van der Waals surface area contributed by atoms with Gasteiger partial charge in [-0.2, -0.15) is 5.26 Å². The Morgan fingerprint density at radius 3 is 2.78 bits per heavy atom. The predicted octanol–water partition coefficient (Wildman–Crippen LogP) is 3.08. The highest BCUT2D eigenvalue weighted by atomic mass is 16.5. The van der Waals surface area contributed by atoms with Crippen LogP contribution < -0.4 is 14.8 Å². The Kier molecular flexibility index (Phi) is 8.01. The molecule has 1 amide bonds. The molecule has 0 heterocycles. The van der Waals surface area contributed by atoms with E-state index in [1.165, 1.54) is 6.08 Å². The molecule has 23 heavy (non-hydrogen) atoms. The van der Waals surface area contributed by atoms with Crippen LogP contribution in [0.2, 0.25) is 0 Å². The van der Waals surface area contributed by atoms with Gasteiger partial charge in [0.1, 0.15) is 11.6 Å². The molecular weight excluding hydrogens is 292 g/mol. The second kappa shape index (κ2) is 10.1. The van der Waals surface area contributed by atoms with Crippen molar-refractivity contribution in [2.24, 2.45) is 0 Å². The number of ether oxygens (including phenoxy) is 2. The van der Waals surface area contributed by atoms with Gasteiger partial charge in [-0.05, 0) is 25.5 Å². The molecule has 0 saturated carbocycles. The van der Waals surface area contributed by atoms with Crippen molar-refractivity contribution in [2.45, 2.75) is 20.3 Å². The Hall–Kier alpha value is -2.74. The smallest absolute Gasteiger partial charge is 0.262 e. The van der Waals surface area contributed by atoms with Crippen LogP contribution in [0.4, 0.5) is 0 Å². The van der Waals surface area contributed by atoms with Gasteiger partial charge in [-0.1, -0.05) is 25.1 Å². The molecule has 0 aliphatic carbocycles. The van der Waals surface area contributed by atoms with E-state index in [-0.39, 0.29) is 5.57 Å². The number of nitrogens with zero attached hydrogens (tertiary/aromatic N) is 1.